The summed E-state index contributed by atoms with van der Waals surface area (Å²) < 4.78 is 4.40. The molecule has 7 nitrogen and oxygen atoms in total. The number of amides is 1. The second-order valence-electron chi connectivity index (χ2n) is 3.93. The monoisotopic (exact) mass is 286 g/mol. The maximum absolute atomic E-state index is 11.9. The highest BCUT2D eigenvalue weighted by atomic mass is 35.5. The van der Waals surface area contributed by atoms with Crippen LogP contribution < -0.4 is 10.4 Å². The van der Waals surface area contributed by atoms with Crippen LogP contribution in [-0.2, 0) is 14.3 Å². The number of nitrogens with one attached hydrogen (secondary N) is 1. The van der Waals surface area contributed by atoms with E-state index in [1.54, 1.807) is 0 Å². The van der Waals surface area contributed by atoms with E-state index >= 15 is 0 Å². The predicted molar refractivity (Wildman–Crippen MR) is 65.0 cm³/mol. The Morgan fingerprint density at radius 2 is 2.00 bits per heavy atom. The fraction of sp³-hybridized carbons (Fsp3) is 0.273. The highest BCUT2D eigenvalue weighted by Crippen LogP contribution is 2.26. The predicted octanol–water partition coefficient (Wildman–Crippen LogP) is -0.586. The summed E-state index contributed by atoms with van der Waals surface area (Å²) >= 11 is 5.72. The van der Waals surface area contributed by atoms with Crippen LogP contribution in [0.5, 0.6) is 0 Å². The van der Waals surface area contributed by atoms with Gasteiger partial charge in [-0.3, -0.25) is 9.59 Å². The van der Waals surface area contributed by atoms with Gasteiger partial charge in [0.1, 0.15) is 0 Å². The van der Waals surface area contributed by atoms with Crippen LogP contribution in [0.2, 0.25) is 5.02 Å². The smallest absolute Gasteiger partial charge is 0.330 e. The highest BCUT2D eigenvalue weighted by Gasteiger charge is 2.57. The molecule has 1 aliphatic rings. The van der Waals surface area contributed by atoms with E-state index in [2.05, 4.69) is 10.2 Å². The highest BCUT2D eigenvalue weighted by molar-refractivity contribution is 6.30. The average molecular weight is 287 g/mol. The normalized spacial score (nSPS) is 21.6. The topological polar surface area (TPSA) is 99.1 Å². The number of carbonyl (C=O) groups is 2. The first-order valence-electron chi connectivity index (χ1n) is 5.27. The van der Waals surface area contributed by atoms with Gasteiger partial charge in [-0.2, -0.15) is 0 Å². The third kappa shape index (κ3) is 2.28. The van der Waals surface area contributed by atoms with Gasteiger partial charge < -0.3 is 14.9 Å². The van der Waals surface area contributed by atoms with Gasteiger partial charge in [-0.25, -0.2) is 10.4 Å². The van der Waals surface area contributed by atoms with E-state index in [1.807, 2.05) is 0 Å². The number of halogens is 1. The molecule has 0 aliphatic carbocycles. The number of methoxy groups -OCH3 is 1. The molecule has 3 N–H and O–H groups in total. The summed E-state index contributed by atoms with van der Waals surface area (Å²) in [5.41, 5.74) is 2.70. The third-order valence-electron chi connectivity index (χ3n) is 2.70. The number of hydrazine groups is 1. The third-order valence-corrected chi connectivity index (χ3v) is 2.95. The van der Waals surface area contributed by atoms with Crippen LogP contribution in [-0.4, -0.2) is 41.0 Å². The van der Waals surface area contributed by atoms with Gasteiger partial charge in [0.05, 0.1) is 12.8 Å². The molecule has 1 unspecified atom stereocenters. The molecule has 8 heteroatoms. The number of nitrogens with zero attached hydrogens (tertiary/aromatic N) is 1. The molecule has 1 aliphatic heterocycles. The van der Waals surface area contributed by atoms with Gasteiger partial charge in [0.15, 0.2) is 6.04 Å². The van der Waals surface area contributed by atoms with Gasteiger partial charge in [0.2, 0.25) is 0 Å². The number of hydrogen-bond donors (Lipinski definition) is 3. The van der Waals surface area contributed by atoms with Gasteiger partial charge in [-0.1, -0.05) is 11.6 Å². The second kappa shape index (κ2) is 4.78. The number of rotatable bonds is 2. The minimum atomic E-state index is -2.87. The Kier molecular flexibility index (Phi) is 3.46. The van der Waals surface area contributed by atoms with Crippen LogP contribution >= 0.6 is 11.6 Å². The number of ether oxygens (including phenoxy) is 1. The Morgan fingerprint density at radius 1 is 1.42 bits per heavy atom. The van der Waals surface area contributed by atoms with Crippen molar-refractivity contribution in [3.05, 3.63) is 29.3 Å². The van der Waals surface area contributed by atoms with Crippen LogP contribution in [0.15, 0.2) is 24.3 Å². The minimum absolute atomic E-state index is 0.313. The van der Waals surface area contributed by atoms with E-state index in [4.69, 9.17) is 11.6 Å². The zero-order valence-electron chi connectivity index (χ0n) is 9.83. The van der Waals surface area contributed by atoms with Crippen LogP contribution in [0.25, 0.3) is 0 Å². The molecule has 1 aromatic carbocycles. The fourth-order valence-corrected chi connectivity index (χ4v) is 1.81. The summed E-state index contributed by atoms with van der Waals surface area (Å²) in [5.74, 6) is -4.91. The molecule has 1 amide bonds. The lowest BCUT2D eigenvalue weighted by Crippen LogP contribution is -2.51. The lowest BCUT2D eigenvalue weighted by Gasteiger charge is -2.16. The van der Waals surface area contributed by atoms with Crippen molar-refractivity contribution in [3.8, 4) is 0 Å². The molecule has 102 valence electrons. The van der Waals surface area contributed by atoms with Gasteiger partial charge >= 0.3 is 11.9 Å². The minimum Gasteiger partial charge on any atom is -0.468 e. The average Bonchev–Trinajstić information content (AvgIpc) is 2.62. The van der Waals surface area contributed by atoms with Crippen molar-refractivity contribution in [1.82, 2.24) is 5.43 Å². The number of carbonyl (C=O) groups excluding carboxylic acids is 2. The Bertz CT molecular complexity index is 516. The lowest BCUT2D eigenvalue weighted by atomic mass is 10.1. The van der Waals surface area contributed by atoms with Crippen molar-refractivity contribution in [2.75, 3.05) is 12.1 Å². The maximum atomic E-state index is 11.9. The van der Waals surface area contributed by atoms with E-state index in [-0.39, 0.29) is 0 Å². The van der Waals surface area contributed by atoms with E-state index in [9.17, 15) is 19.8 Å². The Hall–Kier alpha value is -1.67. The van der Waals surface area contributed by atoms with Crippen LogP contribution in [0, 0.1) is 0 Å². The number of anilines is 1. The quantitative estimate of drug-likeness (QED) is 0.497. The molecule has 1 saturated heterocycles. The maximum Gasteiger partial charge on any atom is 0.330 e. The SMILES string of the molecule is COC(=O)C1NN(c2ccc(Cl)cc2)C(=O)C1(O)O. The van der Waals surface area contributed by atoms with Gasteiger partial charge in [-0.15, -0.1) is 0 Å². The first-order valence-corrected chi connectivity index (χ1v) is 5.64. The van der Waals surface area contributed by atoms with Crippen LogP contribution in [0.1, 0.15) is 0 Å². The number of benzene rings is 1. The summed E-state index contributed by atoms with van der Waals surface area (Å²) in [7, 11) is 1.08. The molecule has 19 heavy (non-hydrogen) atoms. The van der Waals surface area contributed by atoms with Crippen molar-refractivity contribution in [3.63, 3.8) is 0 Å². The van der Waals surface area contributed by atoms with Crippen molar-refractivity contribution >= 4 is 29.2 Å². The Labute approximate surface area is 113 Å². The van der Waals surface area contributed by atoms with Crippen molar-refractivity contribution in [2.24, 2.45) is 0 Å². The zero-order valence-corrected chi connectivity index (χ0v) is 10.6. The summed E-state index contributed by atoms with van der Waals surface area (Å²) in [6.45, 7) is 0. The van der Waals surface area contributed by atoms with E-state index in [0.29, 0.717) is 10.7 Å². The van der Waals surface area contributed by atoms with Gasteiger partial charge in [-0.05, 0) is 24.3 Å². The molecule has 0 aromatic heterocycles. The van der Waals surface area contributed by atoms with Crippen molar-refractivity contribution in [2.45, 2.75) is 11.8 Å². The van der Waals surface area contributed by atoms with Crippen molar-refractivity contribution in [1.29, 1.82) is 0 Å². The van der Waals surface area contributed by atoms with Crippen molar-refractivity contribution < 1.29 is 24.5 Å². The van der Waals surface area contributed by atoms with Gasteiger partial charge in [0, 0.05) is 5.02 Å². The molecule has 2 rings (SSSR count). The zero-order chi connectivity index (χ0) is 14.2. The van der Waals surface area contributed by atoms with Crippen LogP contribution in [0.4, 0.5) is 5.69 Å². The summed E-state index contributed by atoms with van der Waals surface area (Å²) in [6, 6.07) is 4.42. The molecule has 1 atom stereocenters. The fourth-order valence-electron chi connectivity index (χ4n) is 1.68. The Balaban J connectivity index is 2.32. The second-order valence-corrected chi connectivity index (χ2v) is 4.36. The first kappa shape index (κ1) is 13.8. The largest absolute Gasteiger partial charge is 0.468 e. The number of hydrogen-bond acceptors (Lipinski definition) is 6. The van der Waals surface area contributed by atoms with E-state index in [1.165, 1.54) is 24.3 Å². The first-order chi connectivity index (χ1) is 8.87. The van der Waals surface area contributed by atoms with Gasteiger partial charge in [0.25, 0.3) is 5.79 Å². The summed E-state index contributed by atoms with van der Waals surface area (Å²) in [6.07, 6.45) is 0. The summed E-state index contributed by atoms with van der Waals surface area (Å²) in [4.78, 5) is 23.3. The molecule has 0 radical (unpaired) electrons. The lowest BCUT2D eigenvalue weighted by molar-refractivity contribution is -0.190. The Morgan fingerprint density at radius 3 is 2.53 bits per heavy atom. The molecule has 1 heterocycles. The molecule has 1 fully saturated rings. The molecule has 0 saturated carbocycles. The molecular formula is C11H11ClN2O5. The van der Waals surface area contributed by atoms with E-state index < -0.39 is 23.7 Å². The molecule has 1 aromatic rings. The van der Waals surface area contributed by atoms with E-state index in [0.717, 1.165) is 12.1 Å². The molecule has 0 spiro atoms. The molecular weight excluding hydrogens is 276 g/mol. The molecule has 0 bridgehead atoms. The number of aliphatic hydroxyl groups is 2. The summed E-state index contributed by atoms with van der Waals surface area (Å²) in [5, 5.41) is 20.7. The standard InChI is InChI=1S/C11H11ClN2O5/c1-19-9(15)8-11(17,18)10(16)14(13-8)7-4-2-6(12)3-5-7/h2-5,8,13,17-18H,1H3. The number of esters is 1. The van der Waals surface area contributed by atoms with Crippen LogP contribution in [0.3, 0.4) is 0 Å².